The highest BCUT2D eigenvalue weighted by molar-refractivity contribution is 6.09. The van der Waals surface area contributed by atoms with Crippen molar-refractivity contribution < 1.29 is 14.4 Å². The zero-order valence-electron chi connectivity index (χ0n) is 17.6. The molecule has 3 amide bonds. The van der Waals surface area contributed by atoms with Gasteiger partial charge in [0, 0.05) is 12.5 Å². The van der Waals surface area contributed by atoms with Gasteiger partial charge in [-0.05, 0) is 87.2 Å². The van der Waals surface area contributed by atoms with Crippen molar-refractivity contribution in [3.63, 3.8) is 0 Å². The Kier molecular flexibility index (Phi) is 4.83. The molecule has 160 valence electrons. The summed E-state index contributed by atoms with van der Waals surface area (Å²) in [5.74, 6) is 1.97. The van der Waals surface area contributed by atoms with Crippen molar-refractivity contribution in [3.8, 4) is 0 Å². The highest BCUT2D eigenvalue weighted by atomic mass is 16.2. The van der Waals surface area contributed by atoms with E-state index in [-0.39, 0.29) is 35.6 Å². The first-order valence-corrected chi connectivity index (χ1v) is 11.4. The van der Waals surface area contributed by atoms with E-state index in [0.717, 1.165) is 17.8 Å². The predicted octanol–water partition coefficient (Wildman–Crippen LogP) is 3.24. The van der Waals surface area contributed by atoms with Crippen LogP contribution in [0.15, 0.2) is 24.3 Å². The van der Waals surface area contributed by atoms with Crippen LogP contribution in [0.3, 0.4) is 0 Å². The molecule has 6 heteroatoms. The van der Waals surface area contributed by atoms with E-state index >= 15 is 0 Å². The van der Waals surface area contributed by atoms with Gasteiger partial charge in [0.2, 0.25) is 11.8 Å². The first kappa shape index (κ1) is 19.6. The highest BCUT2D eigenvalue weighted by Gasteiger charge is 2.53. The third-order valence-corrected chi connectivity index (χ3v) is 8.09. The van der Waals surface area contributed by atoms with Crippen LogP contribution in [0.25, 0.3) is 0 Å². The standard InChI is InChI=1S/C24H31N3O3/c1-14(24-11-15-8-16(12-24)10-17(9-15)13-24)25-21(28)7-6-20-23(30)26-19-5-3-2-4-18(19)22(29)27-20/h2-5,14-17,20H,6-13H2,1H3,(H,25,28)(H,26,30)(H,27,29)/t14-,15?,16?,17?,20-,24?/m1/s1. The summed E-state index contributed by atoms with van der Waals surface area (Å²) in [5.41, 5.74) is 1.23. The minimum atomic E-state index is -0.703. The second-order valence-electron chi connectivity index (χ2n) is 10.2. The van der Waals surface area contributed by atoms with E-state index in [2.05, 4.69) is 22.9 Å². The maximum Gasteiger partial charge on any atom is 0.254 e. The summed E-state index contributed by atoms with van der Waals surface area (Å²) in [5, 5.41) is 8.83. The minimum absolute atomic E-state index is 0.0259. The molecule has 5 aliphatic rings. The van der Waals surface area contributed by atoms with Crippen molar-refractivity contribution in [2.24, 2.45) is 23.2 Å². The Morgan fingerprint density at radius 2 is 1.73 bits per heavy atom. The van der Waals surface area contributed by atoms with Gasteiger partial charge in [-0.15, -0.1) is 0 Å². The lowest BCUT2D eigenvalue weighted by molar-refractivity contribution is -0.126. The molecule has 3 N–H and O–H groups in total. The van der Waals surface area contributed by atoms with Gasteiger partial charge in [0.25, 0.3) is 5.91 Å². The molecule has 4 bridgehead atoms. The quantitative estimate of drug-likeness (QED) is 0.698. The molecule has 0 spiro atoms. The Bertz CT molecular complexity index is 845. The number of fused-ring (bicyclic) bond motifs is 1. The Balaban J connectivity index is 1.18. The van der Waals surface area contributed by atoms with Crippen LogP contribution in [0, 0.1) is 23.2 Å². The Labute approximate surface area is 177 Å². The molecule has 6 nitrogen and oxygen atoms in total. The van der Waals surface area contributed by atoms with E-state index in [1.165, 1.54) is 38.5 Å². The number of rotatable bonds is 5. The lowest BCUT2D eigenvalue weighted by atomic mass is 9.48. The van der Waals surface area contributed by atoms with Crippen LogP contribution in [0.2, 0.25) is 0 Å². The largest absolute Gasteiger partial charge is 0.353 e. The number of anilines is 1. The number of hydrogen-bond donors (Lipinski definition) is 3. The van der Waals surface area contributed by atoms with Crippen molar-refractivity contribution in [3.05, 3.63) is 29.8 Å². The smallest absolute Gasteiger partial charge is 0.254 e. The van der Waals surface area contributed by atoms with E-state index in [0.29, 0.717) is 17.7 Å². The molecule has 0 unspecified atom stereocenters. The fraction of sp³-hybridized carbons (Fsp3) is 0.625. The van der Waals surface area contributed by atoms with Gasteiger partial charge in [0.05, 0.1) is 11.3 Å². The maximum atomic E-state index is 12.7. The summed E-state index contributed by atoms with van der Waals surface area (Å²) in [6, 6.07) is 6.42. The first-order valence-electron chi connectivity index (χ1n) is 11.4. The van der Waals surface area contributed by atoms with Crippen LogP contribution in [0.1, 0.15) is 68.6 Å². The molecule has 1 aromatic rings. The topological polar surface area (TPSA) is 87.3 Å². The number of carbonyl (C=O) groups excluding carboxylic acids is 3. The van der Waals surface area contributed by atoms with Crippen molar-refractivity contribution in [1.29, 1.82) is 0 Å². The van der Waals surface area contributed by atoms with Crippen molar-refractivity contribution in [2.75, 3.05) is 5.32 Å². The summed E-state index contributed by atoms with van der Waals surface area (Å²) in [6.45, 7) is 2.17. The van der Waals surface area contributed by atoms with Gasteiger partial charge in [-0.1, -0.05) is 12.1 Å². The number of carbonyl (C=O) groups is 3. The molecule has 30 heavy (non-hydrogen) atoms. The fourth-order valence-electron chi connectivity index (χ4n) is 6.96. The van der Waals surface area contributed by atoms with E-state index in [1.807, 2.05) is 0 Å². The molecular formula is C24H31N3O3. The van der Waals surface area contributed by atoms with Crippen LogP contribution in [-0.2, 0) is 9.59 Å². The maximum absolute atomic E-state index is 12.7. The summed E-state index contributed by atoms with van der Waals surface area (Å²) in [6.07, 6.45) is 8.44. The highest BCUT2D eigenvalue weighted by Crippen LogP contribution is 2.61. The molecule has 0 saturated heterocycles. The monoisotopic (exact) mass is 409 g/mol. The van der Waals surface area contributed by atoms with Gasteiger partial charge in [0.1, 0.15) is 6.04 Å². The van der Waals surface area contributed by atoms with Crippen LogP contribution in [0.4, 0.5) is 5.69 Å². The zero-order valence-corrected chi connectivity index (χ0v) is 17.6. The van der Waals surface area contributed by atoms with Gasteiger partial charge in [-0.25, -0.2) is 0 Å². The molecule has 4 saturated carbocycles. The van der Waals surface area contributed by atoms with Crippen LogP contribution in [0.5, 0.6) is 0 Å². The Morgan fingerprint density at radius 3 is 2.40 bits per heavy atom. The van der Waals surface area contributed by atoms with Gasteiger partial charge in [-0.3, -0.25) is 14.4 Å². The Morgan fingerprint density at radius 1 is 1.10 bits per heavy atom. The molecule has 6 rings (SSSR count). The van der Waals surface area contributed by atoms with Crippen LogP contribution >= 0.6 is 0 Å². The van der Waals surface area contributed by atoms with E-state index in [9.17, 15) is 14.4 Å². The van der Waals surface area contributed by atoms with E-state index in [1.54, 1.807) is 24.3 Å². The predicted molar refractivity (Wildman–Crippen MR) is 114 cm³/mol. The fourth-order valence-corrected chi connectivity index (χ4v) is 6.96. The van der Waals surface area contributed by atoms with Gasteiger partial charge >= 0.3 is 0 Å². The van der Waals surface area contributed by atoms with E-state index < -0.39 is 6.04 Å². The second kappa shape index (κ2) is 7.40. The average molecular weight is 410 g/mol. The molecule has 2 atom stereocenters. The normalized spacial score (nSPS) is 35.1. The molecule has 4 aliphatic carbocycles. The summed E-state index contributed by atoms with van der Waals surface area (Å²) >= 11 is 0. The molecule has 4 fully saturated rings. The van der Waals surface area contributed by atoms with Gasteiger partial charge in [0.15, 0.2) is 0 Å². The summed E-state index contributed by atoms with van der Waals surface area (Å²) < 4.78 is 0. The van der Waals surface area contributed by atoms with Crippen LogP contribution in [-0.4, -0.2) is 29.8 Å². The van der Waals surface area contributed by atoms with Crippen molar-refractivity contribution >= 4 is 23.4 Å². The number of nitrogens with one attached hydrogen (secondary N) is 3. The molecule has 1 aromatic carbocycles. The number of benzene rings is 1. The SMILES string of the molecule is C[C@@H](NC(=O)CC[C@H]1NC(=O)c2ccccc2NC1=O)C12CC3CC(CC(C3)C1)C2. The van der Waals surface area contributed by atoms with Crippen molar-refractivity contribution in [1.82, 2.24) is 10.6 Å². The average Bonchev–Trinajstić information content (AvgIpc) is 2.81. The zero-order chi connectivity index (χ0) is 20.9. The van der Waals surface area contributed by atoms with E-state index in [4.69, 9.17) is 0 Å². The molecule has 0 aromatic heterocycles. The summed E-state index contributed by atoms with van der Waals surface area (Å²) in [7, 11) is 0. The second-order valence-corrected chi connectivity index (χ2v) is 10.2. The number of hydrogen-bond acceptors (Lipinski definition) is 3. The number of amides is 3. The third kappa shape index (κ3) is 3.50. The molecule has 1 aliphatic heterocycles. The van der Waals surface area contributed by atoms with Crippen LogP contribution < -0.4 is 16.0 Å². The molecule has 0 radical (unpaired) electrons. The third-order valence-electron chi connectivity index (χ3n) is 8.09. The summed E-state index contributed by atoms with van der Waals surface area (Å²) in [4.78, 5) is 37.7. The minimum Gasteiger partial charge on any atom is -0.353 e. The molecular weight excluding hydrogens is 378 g/mol. The van der Waals surface area contributed by atoms with Gasteiger partial charge in [-0.2, -0.15) is 0 Å². The van der Waals surface area contributed by atoms with Crippen molar-refractivity contribution in [2.45, 2.75) is 70.4 Å². The number of para-hydroxylation sites is 1. The lowest BCUT2D eigenvalue weighted by Gasteiger charge is -2.59. The van der Waals surface area contributed by atoms with Gasteiger partial charge < -0.3 is 16.0 Å². The first-order chi connectivity index (χ1) is 14.4. The molecule has 1 heterocycles. The lowest BCUT2D eigenvalue weighted by Crippen LogP contribution is -2.56. The Hall–Kier alpha value is -2.37.